The predicted octanol–water partition coefficient (Wildman–Crippen LogP) is 3.65. The third-order valence-electron chi connectivity index (χ3n) is 6.37. The van der Waals surface area contributed by atoms with Crippen molar-refractivity contribution in [2.24, 2.45) is 17.3 Å². The number of likely N-dealkylation sites (N-methyl/N-ethyl adjacent to an activating group) is 1. The van der Waals surface area contributed by atoms with Gasteiger partial charge in [-0.25, -0.2) is 0 Å². The average molecular weight is 405 g/mol. The molecule has 2 amide bonds. The number of para-hydroxylation sites is 1. The zero-order chi connectivity index (χ0) is 17.7. The van der Waals surface area contributed by atoms with Crippen molar-refractivity contribution in [2.75, 3.05) is 12.4 Å². The van der Waals surface area contributed by atoms with E-state index in [0.29, 0.717) is 11.8 Å². The number of nitrogens with one attached hydrogen (secondary N) is 2. The predicted molar refractivity (Wildman–Crippen MR) is 102 cm³/mol. The fourth-order valence-electron chi connectivity index (χ4n) is 5.73. The Bertz CT molecular complexity index is 703. The van der Waals surface area contributed by atoms with Gasteiger partial charge < -0.3 is 10.6 Å². The molecule has 0 aliphatic heterocycles. The van der Waals surface area contributed by atoms with Crippen LogP contribution in [0.5, 0.6) is 0 Å². The van der Waals surface area contributed by atoms with E-state index >= 15 is 0 Å². The summed E-state index contributed by atoms with van der Waals surface area (Å²) >= 11 is 3.97. The number of alkyl halides is 1. The molecule has 4 aliphatic carbocycles. The van der Waals surface area contributed by atoms with Gasteiger partial charge in [0.05, 0.1) is 11.8 Å². The maximum Gasteiger partial charge on any atom is 0.230 e. The Labute approximate surface area is 157 Å². The fourth-order valence-corrected chi connectivity index (χ4v) is 7.18. The molecule has 5 heteroatoms. The SMILES string of the molecule is CNC(=O)Cc1ccccc1NC(=O)C12CC3CC(CC(Br)(C3)C1)C2. The van der Waals surface area contributed by atoms with Gasteiger partial charge in [-0.15, -0.1) is 0 Å². The van der Waals surface area contributed by atoms with Crippen LogP contribution in [0, 0.1) is 17.3 Å². The summed E-state index contributed by atoms with van der Waals surface area (Å²) in [6, 6.07) is 7.64. The first-order valence-electron chi connectivity index (χ1n) is 9.20. The molecule has 0 radical (unpaired) electrons. The molecule has 134 valence electrons. The molecule has 0 heterocycles. The monoisotopic (exact) mass is 404 g/mol. The molecular formula is C20H25BrN2O2. The molecule has 0 saturated heterocycles. The van der Waals surface area contributed by atoms with E-state index in [0.717, 1.165) is 30.5 Å². The van der Waals surface area contributed by atoms with Crippen molar-refractivity contribution in [3.05, 3.63) is 29.8 Å². The lowest BCUT2D eigenvalue weighted by Gasteiger charge is -2.59. The van der Waals surface area contributed by atoms with Crippen molar-refractivity contribution in [3.63, 3.8) is 0 Å². The third-order valence-corrected chi connectivity index (χ3v) is 7.29. The van der Waals surface area contributed by atoms with Gasteiger partial charge in [-0.1, -0.05) is 34.1 Å². The van der Waals surface area contributed by atoms with Crippen LogP contribution in [0.4, 0.5) is 5.69 Å². The van der Waals surface area contributed by atoms with Crippen LogP contribution in [0.15, 0.2) is 24.3 Å². The lowest BCUT2D eigenvalue weighted by Crippen LogP contribution is -2.57. The molecule has 0 spiro atoms. The molecule has 2 atom stereocenters. The first kappa shape index (κ1) is 17.1. The summed E-state index contributed by atoms with van der Waals surface area (Å²) in [5, 5.41) is 5.82. The highest BCUT2D eigenvalue weighted by molar-refractivity contribution is 9.10. The van der Waals surface area contributed by atoms with Gasteiger partial charge in [0.1, 0.15) is 0 Å². The second kappa shape index (κ2) is 6.11. The van der Waals surface area contributed by atoms with E-state index in [1.165, 1.54) is 19.3 Å². The largest absolute Gasteiger partial charge is 0.359 e. The van der Waals surface area contributed by atoms with Crippen LogP contribution in [-0.2, 0) is 16.0 Å². The highest BCUT2D eigenvalue weighted by Crippen LogP contribution is 2.64. The number of rotatable bonds is 4. The molecule has 1 aromatic carbocycles. The van der Waals surface area contributed by atoms with Gasteiger partial charge in [0, 0.05) is 17.1 Å². The van der Waals surface area contributed by atoms with Crippen molar-refractivity contribution >= 4 is 33.4 Å². The lowest BCUT2D eigenvalue weighted by atomic mass is 9.49. The lowest BCUT2D eigenvalue weighted by molar-refractivity contribution is -0.138. The molecule has 1 aromatic rings. The Morgan fingerprint density at radius 1 is 1.16 bits per heavy atom. The topological polar surface area (TPSA) is 58.2 Å². The van der Waals surface area contributed by atoms with E-state index in [9.17, 15) is 9.59 Å². The molecule has 4 bridgehead atoms. The highest BCUT2D eigenvalue weighted by atomic mass is 79.9. The van der Waals surface area contributed by atoms with E-state index in [-0.39, 0.29) is 28.0 Å². The zero-order valence-corrected chi connectivity index (χ0v) is 16.2. The summed E-state index contributed by atoms with van der Waals surface area (Å²) in [5.41, 5.74) is 1.40. The molecule has 2 unspecified atom stereocenters. The molecule has 4 nitrogen and oxygen atoms in total. The number of amides is 2. The van der Waals surface area contributed by atoms with Crippen LogP contribution in [0.25, 0.3) is 0 Å². The Balaban J connectivity index is 1.56. The van der Waals surface area contributed by atoms with E-state index in [1.54, 1.807) is 7.05 Å². The number of carbonyl (C=O) groups is 2. The summed E-state index contributed by atoms with van der Waals surface area (Å²) in [4.78, 5) is 25.0. The summed E-state index contributed by atoms with van der Waals surface area (Å²) < 4.78 is 0.163. The van der Waals surface area contributed by atoms with Crippen molar-refractivity contribution in [1.29, 1.82) is 0 Å². The van der Waals surface area contributed by atoms with Crippen molar-refractivity contribution < 1.29 is 9.59 Å². The maximum atomic E-state index is 13.3. The van der Waals surface area contributed by atoms with Gasteiger partial charge >= 0.3 is 0 Å². The molecule has 4 fully saturated rings. The summed E-state index contributed by atoms with van der Waals surface area (Å²) in [6.07, 6.45) is 6.97. The van der Waals surface area contributed by atoms with Crippen LogP contribution >= 0.6 is 15.9 Å². The Hall–Kier alpha value is -1.36. The molecule has 2 N–H and O–H groups in total. The number of carbonyl (C=O) groups excluding carboxylic acids is 2. The summed E-state index contributed by atoms with van der Waals surface area (Å²) in [7, 11) is 1.63. The van der Waals surface area contributed by atoms with Crippen molar-refractivity contribution in [2.45, 2.75) is 49.3 Å². The number of hydrogen-bond donors (Lipinski definition) is 2. The number of benzene rings is 1. The van der Waals surface area contributed by atoms with Gasteiger partial charge in [-0.05, 0) is 62.0 Å². The van der Waals surface area contributed by atoms with Crippen LogP contribution in [0.1, 0.15) is 44.1 Å². The standard InChI is InChI=1S/C20H25BrN2O2/c1-22-17(24)7-15-4-2-3-5-16(15)23-18(25)19-8-13-6-14(9-19)11-20(21,10-13)12-19/h2-5,13-14H,6-12H2,1H3,(H,22,24)(H,23,25). The van der Waals surface area contributed by atoms with E-state index in [1.807, 2.05) is 24.3 Å². The second-order valence-electron chi connectivity index (χ2n) is 8.35. The zero-order valence-electron chi connectivity index (χ0n) is 14.6. The Morgan fingerprint density at radius 3 is 2.48 bits per heavy atom. The molecular weight excluding hydrogens is 380 g/mol. The van der Waals surface area contributed by atoms with Crippen molar-refractivity contribution in [3.8, 4) is 0 Å². The number of hydrogen-bond acceptors (Lipinski definition) is 2. The highest BCUT2D eigenvalue weighted by Gasteiger charge is 2.59. The van der Waals surface area contributed by atoms with Gasteiger partial charge in [-0.2, -0.15) is 0 Å². The van der Waals surface area contributed by atoms with Crippen LogP contribution in [0.2, 0.25) is 0 Å². The number of halogens is 1. The molecule has 25 heavy (non-hydrogen) atoms. The Kier molecular flexibility index (Phi) is 4.18. The quantitative estimate of drug-likeness (QED) is 0.752. The molecule has 4 aliphatic rings. The fraction of sp³-hybridized carbons (Fsp3) is 0.600. The molecule has 4 saturated carbocycles. The number of anilines is 1. The minimum Gasteiger partial charge on any atom is -0.359 e. The van der Waals surface area contributed by atoms with Gasteiger partial charge in [0.15, 0.2) is 0 Å². The normalized spacial score (nSPS) is 35.4. The minimum absolute atomic E-state index is 0.0454. The Morgan fingerprint density at radius 2 is 1.84 bits per heavy atom. The van der Waals surface area contributed by atoms with Crippen LogP contribution in [0.3, 0.4) is 0 Å². The smallest absolute Gasteiger partial charge is 0.230 e. The maximum absolute atomic E-state index is 13.3. The van der Waals surface area contributed by atoms with Gasteiger partial charge in [0.25, 0.3) is 0 Å². The second-order valence-corrected chi connectivity index (χ2v) is 10.0. The van der Waals surface area contributed by atoms with Crippen LogP contribution < -0.4 is 10.6 Å². The van der Waals surface area contributed by atoms with E-state index in [4.69, 9.17) is 0 Å². The molecule has 0 aromatic heterocycles. The first-order chi connectivity index (χ1) is 11.9. The third kappa shape index (κ3) is 3.12. The van der Waals surface area contributed by atoms with E-state index < -0.39 is 0 Å². The van der Waals surface area contributed by atoms with Gasteiger partial charge in [-0.3, -0.25) is 9.59 Å². The first-order valence-corrected chi connectivity index (χ1v) is 10.00. The van der Waals surface area contributed by atoms with Crippen LogP contribution in [-0.4, -0.2) is 23.2 Å². The van der Waals surface area contributed by atoms with E-state index in [2.05, 4.69) is 26.6 Å². The summed E-state index contributed by atoms with van der Waals surface area (Å²) in [6.45, 7) is 0. The average Bonchev–Trinajstić information content (AvgIpc) is 2.54. The molecule has 5 rings (SSSR count). The van der Waals surface area contributed by atoms with Gasteiger partial charge in [0.2, 0.25) is 11.8 Å². The van der Waals surface area contributed by atoms with Crippen molar-refractivity contribution in [1.82, 2.24) is 5.32 Å². The minimum atomic E-state index is -0.242. The summed E-state index contributed by atoms with van der Waals surface area (Å²) in [5.74, 6) is 1.45.